The van der Waals surface area contributed by atoms with Crippen LogP contribution in [0.5, 0.6) is 0 Å². The lowest BCUT2D eigenvalue weighted by Gasteiger charge is -2.05. The molecule has 0 bridgehead atoms. The largest absolute Gasteiger partial charge is 0.411 e. The van der Waals surface area contributed by atoms with Crippen molar-refractivity contribution in [2.75, 3.05) is 11.1 Å². The van der Waals surface area contributed by atoms with E-state index in [4.69, 9.17) is 9.62 Å². The Hall–Kier alpha value is -4.44. The number of aromatic amines is 1. The number of imidazole rings is 1. The third kappa shape index (κ3) is 5.07. The second-order valence-electron chi connectivity index (χ2n) is 7.65. The highest BCUT2D eigenvalue weighted by Crippen LogP contribution is 2.26. The number of fused-ring (bicyclic) bond motifs is 1. The van der Waals surface area contributed by atoms with Gasteiger partial charge in [-0.25, -0.2) is 4.98 Å². The molecule has 0 aliphatic carbocycles. The summed E-state index contributed by atoms with van der Waals surface area (Å²) in [6, 6.07) is 22.6. The van der Waals surface area contributed by atoms with E-state index in [2.05, 4.69) is 30.6 Å². The predicted molar refractivity (Wildman–Crippen MR) is 135 cm³/mol. The molecule has 174 valence electrons. The number of hydrogen-bond donors (Lipinski definition) is 3. The molecule has 5 aromatic rings. The quantitative estimate of drug-likeness (QED) is 0.125. The molecule has 35 heavy (non-hydrogen) atoms. The number of nitrogens with one attached hydrogen (secondary N) is 2. The third-order valence-corrected chi connectivity index (χ3v) is 6.08. The summed E-state index contributed by atoms with van der Waals surface area (Å²) in [5.41, 5.74) is 5.52. The molecule has 0 saturated carbocycles. The second-order valence-corrected chi connectivity index (χ2v) is 8.58. The molecule has 0 unspecified atom stereocenters. The van der Waals surface area contributed by atoms with Crippen molar-refractivity contribution in [2.45, 2.75) is 12.1 Å². The Morgan fingerprint density at radius 3 is 2.51 bits per heavy atom. The van der Waals surface area contributed by atoms with Gasteiger partial charge in [-0.1, -0.05) is 53.3 Å². The van der Waals surface area contributed by atoms with Gasteiger partial charge in [0.15, 0.2) is 0 Å². The average molecular weight is 485 g/mol. The van der Waals surface area contributed by atoms with Crippen LogP contribution in [0.2, 0.25) is 0 Å². The molecule has 1 amide bonds. The highest BCUT2D eigenvalue weighted by molar-refractivity contribution is 7.99. The first kappa shape index (κ1) is 22.4. The van der Waals surface area contributed by atoms with Crippen LogP contribution in [0.1, 0.15) is 12.5 Å². The van der Waals surface area contributed by atoms with E-state index in [1.807, 2.05) is 48.5 Å². The number of rotatable bonds is 7. The highest BCUT2D eigenvalue weighted by Gasteiger charge is 2.13. The molecular weight excluding hydrogens is 464 g/mol. The third-order valence-electron chi connectivity index (χ3n) is 5.26. The number of carbonyl (C=O) groups excluding carboxylic acids is 1. The summed E-state index contributed by atoms with van der Waals surface area (Å²) in [5.74, 6) is 1.08. The summed E-state index contributed by atoms with van der Waals surface area (Å²) in [7, 11) is 0. The molecule has 9 nitrogen and oxygen atoms in total. The van der Waals surface area contributed by atoms with Crippen molar-refractivity contribution in [3.05, 3.63) is 78.4 Å². The van der Waals surface area contributed by atoms with Crippen molar-refractivity contribution in [2.24, 2.45) is 5.16 Å². The van der Waals surface area contributed by atoms with E-state index >= 15 is 0 Å². The Bertz CT molecular complexity index is 1470. The van der Waals surface area contributed by atoms with E-state index in [1.54, 1.807) is 31.2 Å². The van der Waals surface area contributed by atoms with Gasteiger partial charge >= 0.3 is 0 Å². The van der Waals surface area contributed by atoms with Crippen molar-refractivity contribution in [1.82, 2.24) is 20.2 Å². The van der Waals surface area contributed by atoms with Crippen molar-refractivity contribution in [3.63, 3.8) is 0 Å². The lowest BCUT2D eigenvalue weighted by molar-refractivity contribution is -0.113. The fourth-order valence-electron chi connectivity index (χ4n) is 3.42. The summed E-state index contributed by atoms with van der Waals surface area (Å²) in [6.45, 7) is 1.69. The number of anilines is 1. The van der Waals surface area contributed by atoms with Gasteiger partial charge in [0.1, 0.15) is 5.82 Å². The lowest BCUT2D eigenvalue weighted by Crippen LogP contribution is -2.14. The standard InChI is InChI=1S/C25H20N6O3S/c1-15(31-33)16-10-12-19(13-11-16)26-22(32)14-35-25-30-29-24(34-25)18-8-6-17(7-9-18)23-27-20-4-2-3-5-21(20)28-23/h2-13,33H,14H2,1H3,(H,26,32)(H,27,28)/b31-15-. The van der Waals surface area contributed by atoms with Crippen LogP contribution < -0.4 is 5.32 Å². The van der Waals surface area contributed by atoms with Crippen molar-refractivity contribution < 1.29 is 14.4 Å². The van der Waals surface area contributed by atoms with Crippen LogP contribution >= 0.6 is 11.8 Å². The average Bonchev–Trinajstić information content (AvgIpc) is 3.55. The van der Waals surface area contributed by atoms with Gasteiger partial charge in [0.2, 0.25) is 11.8 Å². The Morgan fingerprint density at radius 2 is 1.77 bits per heavy atom. The zero-order chi connectivity index (χ0) is 24.2. The van der Waals surface area contributed by atoms with Gasteiger partial charge in [-0.05, 0) is 48.9 Å². The van der Waals surface area contributed by atoms with E-state index in [0.29, 0.717) is 22.5 Å². The topological polar surface area (TPSA) is 129 Å². The van der Waals surface area contributed by atoms with E-state index in [-0.39, 0.29) is 11.7 Å². The maximum atomic E-state index is 12.3. The number of H-pyrrole nitrogens is 1. The molecule has 2 heterocycles. The van der Waals surface area contributed by atoms with Gasteiger partial charge in [0.25, 0.3) is 5.22 Å². The molecule has 0 saturated heterocycles. The van der Waals surface area contributed by atoms with Crippen LogP contribution in [0.3, 0.4) is 0 Å². The number of para-hydroxylation sites is 2. The van der Waals surface area contributed by atoms with Crippen LogP contribution in [-0.2, 0) is 4.79 Å². The minimum absolute atomic E-state index is 0.117. The predicted octanol–water partition coefficient (Wildman–Crippen LogP) is 5.21. The van der Waals surface area contributed by atoms with Crippen molar-refractivity contribution in [1.29, 1.82) is 0 Å². The van der Waals surface area contributed by atoms with Gasteiger partial charge in [0, 0.05) is 16.8 Å². The Kier molecular flexibility index (Phi) is 6.27. The number of thioether (sulfide) groups is 1. The summed E-state index contributed by atoms with van der Waals surface area (Å²) >= 11 is 1.16. The Morgan fingerprint density at radius 1 is 1.03 bits per heavy atom. The van der Waals surface area contributed by atoms with Crippen LogP contribution in [-0.4, -0.2) is 42.7 Å². The summed E-state index contributed by atoms with van der Waals surface area (Å²) < 4.78 is 5.72. The minimum Gasteiger partial charge on any atom is -0.411 e. The van der Waals surface area contributed by atoms with Gasteiger partial charge in [-0.3, -0.25) is 4.79 Å². The zero-order valence-corrected chi connectivity index (χ0v) is 19.4. The van der Waals surface area contributed by atoms with Gasteiger partial charge in [-0.15, -0.1) is 10.2 Å². The first-order valence-electron chi connectivity index (χ1n) is 10.7. The molecule has 0 radical (unpaired) electrons. The number of benzene rings is 3. The number of nitrogens with zero attached hydrogens (tertiary/aromatic N) is 4. The molecule has 3 aromatic carbocycles. The fraction of sp³-hybridized carbons (Fsp3) is 0.0800. The molecule has 0 fully saturated rings. The molecular formula is C25H20N6O3S. The lowest BCUT2D eigenvalue weighted by atomic mass is 10.1. The number of hydrogen-bond acceptors (Lipinski definition) is 8. The maximum absolute atomic E-state index is 12.3. The maximum Gasteiger partial charge on any atom is 0.277 e. The summed E-state index contributed by atoms with van der Waals surface area (Å²) in [4.78, 5) is 20.2. The monoisotopic (exact) mass is 484 g/mol. The molecule has 0 atom stereocenters. The number of amides is 1. The molecule has 0 aliphatic heterocycles. The minimum atomic E-state index is -0.203. The molecule has 0 aliphatic rings. The molecule has 5 rings (SSSR count). The normalized spacial score (nSPS) is 11.6. The molecule has 3 N–H and O–H groups in total. The first-order chi connectivity index (χ1) is 17.1. The summed E-state index contributed by atoms with van der Waals surface area (Å²) in [6.07, 6.45) is 0. The Labute approximate surface area is 204 Å². The van der Waals surface area contributed by atoms with Crippen molar-refractivity contribution in [3.8, 4) is 22.8 Å². The SMILES string of the molecule is C/C(=N/O)c1ccc(NC(=O)CSc2nnc(-c3ccc(-c4nc5ccccc5[nH]4)cc3)o2)cc1. The number of oxime groups is 1. The number of aromatic nitrogens is 4. The van der Waals surface area contributed by atoms with Crippen LogP contribution in [0.4, 0.5) is 5.69 Å². The Balaban J connectivity index is 1.18. The summed E-state index contributed by atoms with van der Waals surface area (Å²) in [5, 5.41) is 23.2. The smallest absolute Gasteiger partial charge is 0.277 e. The van der Waals surface area contributed by atoms with Gasteiger partial charge < -0.3 is 19.9 Å². The van der Waals surface area contributed by atoms with Crippen LogP contribution in [0.25, 0.3) is 33.9 Å². The second kappa shape index (κ2) is 9.82. The van der Waals surface area contributed by atoms with E-state index < -0.39 is 0 Å². The van der Waals surface area contributed by atoms with Gasteiger partial charge in [0.05, 0.1) is 22.5 Å². The number of carbonyl (C=O) groups is 1. The zero-order valence-electron chi connectivity index (χ0n) is 18.6. The van der Waals surface area contributed by atoms with Crippen molar-refractivity contribution >= 4 is 40.1 Å². The van der Waals surface area contributed by atoms with E-state index in [0.717, 1.165) is 45.3 Å². The first-order valence-corrected chi connectivity index (χ1v) is 11.7. The van der Waals surface area contributed by atoms with E-state index in [1.165, 1.54) is 0 Å². The molecule has 0 spiro atoms. The van der Waals surface area contributed by atoms with Crippen LogP contribution in [0, 0.1) is 0 Å². The van der Waals surface area contributed by atoms with Gasteiger partial charge in [-0.2, -0.15) is 0 Å². The van der Waals surface area contributed by atoms with E-state index in [9.17, 15) is 4.79 Å². The van der Waals surface area contributed by atoms with Crippen LogP contribution in [0.15, 0.2) is 87.6 Å². The fourth-order valence-corrected chi connectivity index (χ4v) is 3.98. The molecule has 2 aromatic heterocycles. The highest BCUT2D eigenvalue weighted by atomic mass is 32.2. The molecule has 10 heteroatoms.